The summed E-state index contributed by atoms with van der Waals surface area (Å²) in [6.45, 7) is 0. The number of aromatic nitrogens is 4. The summed E-state index contributed by atoms with van der Waals surface area (Å²) in [5.41, 5.74) is 11.4. The molecule has 0 fully saturated rings. The number of nitrogens with zero attached hydrogens (tertiary/aromatic N) is 4. The molecule has 0 aliphatic rings. The Kier molecular flexibility index (Phi) is 5.57. The van der Waals surface area contributed by atoms with E-state index in [0.717, 1.165) is 44.5 Å². The molecule has 0 saturated carbocycles. The van der Waals surface area contributed by atoms with Crippen LogP contribution < -0.4 is 0 Å². The van der Waals surface area contributed by atoms with E-state index in [1.54, 1.807) is 0 Å². The van der Waals surface area contributed by atoms with Crippen LogP contribution in [0.4, 0.5) is 0 Å². The first kappa shape index (κ1) is 29.0. The van der Waals surface area contributed by atoms with Crippen LogP contribution in [0.25, 0.3) is 121 Å². The Morgan fingerprint density at radius 1 is 0.418 bits per heavy atom. The lowest BCUT2D eigenvalue weighted by Gasteiger charge is -2.11. The van der Waals surface area contributed by atoms with Gasteiger partial charge in [-0.05, 0) is 46.8 Å². The molecule has 13 rings (SSSR count). The van der Waals surface area contributed by atoms with Crippen molar-refractivity contribution in [2.45, 2.75) is 0 Å². The lowest BCUT2D eigenvalue weighted by atomic mass is 10.0. The summed E-state index contributed by atoms with van der Waals surface area (Å²) in [4.78, 5) is 10.7. The first-order chi connectivity index (χ1) is 27.3. The Labute approximate surface area is 313 Å². The van der Waals surface area contributed by atoms with Crippen molar-refractivity contribution in [1.29, 1.82) is 0 Å². The number of hydrogen-bond acceptors (Lipinski definition) is 3. The predicted octanol–water partition coefficient (Wildman–Crippen LogP) is 13.1. The van der Waals surface area contributed by atoms with E-state index in [1.165, 1.54) is 65.2 Å². The summed E-state index contributed by atoms with van der Waals surface area (Å²) in [5, 5.41) is 10.8. The van der Waals surface area contributed by atoms with Gasteiger partial charge in [-0.1, -0.05) is 140 Å². The molecule has 13 aromatic rings. The molecule has 0 atom stereocenters. The van der Waals surface area contributed by atoms with Crippen molar-refractivity contribution in [3.63, 3.8) is 0 Å². The fraction of sp³-hybridized carbons (Fsp3) is 0. The number of hydrogen-bond donors (Lipinski definition) is 0. The molecule has 0 bridgehead atoms. The minimum absolute atomic E-state index is 0.652. The third-order valence-electron chi connectivity index (χ3n) is 11.7. The average Bonchev–Trinajstić information content (AvgIpc) is 3.99. The van der Waals surface area contributed by atoms with E-state index in [2.05, 4.69) is 155 Å². The molecular weight excluding hydrogens is 673 g/mol. The highest BCUT2D eigenvalue weighted by Gasteiger charge is 2.27. The van der Waals surface area contributed by atoms with Gasteiger partial charge in [0.2, 0.25) is 0 Å². The SMILES string of the molecule is c1ccc(-c2ccc(-c3nc(-n4c5ccccc5c5c6c7ccccc7n7c8c9ccccc9ccc8c(cc54)c67)c4oc5ccccc5c4n3)cc2)cc1. The summed E-state index contributed by atoms with van der Waals surface area (Å²) in [5.74, 6) is 1.38. The van der Waals surface area contributed by atoms with E-state index in [4.69, 9.17) is 14.4 Å². The van der Waals surface area contributed by atoms with Crippen LogP contribution in [0, 0.1) is 0 Å². The van der Waals surface area contributed by atoms with Gasteiger partial charge in [0, 0.05) is 48.7 Å². The van der Waals surface area contributed by atoms with Crippen molar-refractivity contribution in [1.82, 2.24) is 18.9 Å². The van der Waals surface area contributed by atoms with Crippen LogP contribution in [-0.4, -0.2) is 18.9 Å². The quantitative estimate of drug-likeness (QED) is 0.184. The van der Waals surface area contributed by atoms with Gasteiger partial charge >= 0.3 is 0 Å². The van der Waals surface area contributed by atoms with Gasteiger partial charge in [-0.3, -0.25) is 4.57 Å². The molecule has 0 saturated heterocycles. The largest absolute Gasteiger partial charge is 0.450 e. The Bertz CT molecular complexity index is 3700. The Balaban J connectivity index is 1.19. The van der Waals surface area contributed by atoms with E-state index in [0.29, 0.717) is 11.4 Å². The zero-order chi connectivity index (χ0) is 35.8. The molecule has 0 N–H and O–H groups in total. The first-order valence-electron chi connectivity index (χ1n) is 18.7. The highest BCUT2D eigenvalue weighted by molar-refractivity contribution is 6.37. The fourth-order valence-electron chi connectivity index (χ4n) is 9.29. The lowest BCUT2D eigenvalue weighted by molar-refractivity contribution is 0.662. The molecule has 0 unspecified atom stereocenters. The molecule has 254 valence electrons. The van der Waals surface area contributed by atoms with E-state index in [-0.39, 0.29) is 0 Å². The van der Waals surface area contributed by atoms with Gasteiger partial charge in [-0.2, -0.15) is 0 Å². The molecule has 5 heteroatoms. The number of fused-ring (bicyclic) bond motifs is 15. The molecule has 55 heavy (non-hydrogen) atoms. The van der Waals surface area contributed by atoms with Gasteiger partial charge in [0.15, 0.2) is 17.2 Å². The Morgan fingerprint density at radius 2 is 1.07 bits per heavy atom. The maximum absolute atomic E-state index is 6.74. The minimum atomic E-state index is 0.652. The van der Waals surface area contributed by atoms with Gasteiger partial charge in [-0.25, -0.2) is 9.97 Å². The van der Waals surface area contributed by atoms with Crippen LogP contribution in [0.15, 0.2) is 174 Å². The van der Waals surface area contributed by atoms with E-state index >= 15 is 0 Å². The first-order valence-corrected chi connectivity index (χ1v) is 18.7. The second kappa shape index (κ2) is 10.6. The number of furan rings is 1. The Morgan fingerprint density at radius 3 is 1.91 bits per heavy atom. The topological polar surface area (TPSA) is 48.3 Å². The van der Waals surface area contributed by atoms with Gasteiger partial charge in [0.1, 0.15) is 11.1 Å². The second-order valence-corrected chi connectivity index (χ2v) is 14.5. The highest BCUT2D eigenvalue weighted by atomic mass is 16.3. The standard InChI is InChI=1S/C50H28N4O/c1-2-12-29(13-3-1)30-22-24-32(25-23-30)49-51-45-37-18-8-11-21-42(37)55-48(45)50(52-49)53-39-19-9-6-16-35(39)43-41(53)28-38-34-27-26-31-14-4-5-15-33(31)46(34)54-40-20-10-7-17-36(40)44(43)47(38)54/h1-28H. The van der Waals surface area contributed by atoms with E-state index in [1.807, 2.05) is 24.3 Å². The van der Waals surface area contributed by atoms with Crippen molar-refractivity contribution in [2.75, 3.05) is 0 Å². The summed E-state index contributed by atoms with van der Waals surface area (Å²) < 4.78 is 11.6. The zero-order valence-electron chi connectivity index (χ0n) is 29.4. The average molecular weight is 701 g/mol. The van der Waals surface area contributed by atoms with Crippen LogP contribution in [0.1, 0.15) is 0 Å². The molecule has 8 aromatic carbocycles. The minimum Gasteiger partial charge on any atom is -0.450 e. The maximum Gasteiger partial charge on any atom is 0.197 e. The monoisotopic (exact) mass is 700 g/mol. The molecule has 0 radical (unpaired) electrons. The van der Waals surface area contributed by atoms with Crippen LogP contribution >= 0.6 is 0 Å². The van der Waals surface area contributed by atoms with E-state index < -0.39 is 0 Å². The number of rotatable bonds is 3. The summed E-state index contributed by atoms with van der Waals surface area (Å²) >= 11 is 0. The Hall–Kier alpha value is -7.50. The maximum atomic E-state index is 6.74. The van der Waals surface area contributed by atoms with Crippen molar-refractivity contribution < 1.29 is 4.42 Å². The van der Waals surface area contributed by atoms with Crippen LogP contribution in [0.5, 0.6) is 0 Å². The van der Waals surface area contributed by atoms with Gasteiger partial charge in [0.25, 0.3) is 0 Å². The van der Waals surface area contributed by atoms with Gasteiger partial charge in [-0.15, -0.1) is 0 Å². The molecular formula is C50H28N4O. The van der Waals surface area contributed by atoms with Crippen LogP contribution in [0.3, 0.4) is 0 Å². The predicted molar refractivity (Wildman–Crippen MR) is 227 cm³/mol. The molecule has 0 spiro atoms. The van der Waals surface area contributed by atoms with Gasteiger partial charge < -0.3 is 8.82 Å². The molecule has 0 aliphatic heterocycles. The summed E-state index contributed by atoms with van der Waals surface area (Å²) in [6, 6.07) is 60.4. The number of benzene rings is 8. The third-order valence-corrected chi connectivity index (χ3v) is 11.7. The summed E-state index contributed by atoms with van der Waals surface area (Å²) in [7, 11) is 0. The second-order valence-electron chi connectivity index (χ2n) is 14.5. The normalized spacial score (nSPS) is 12.4. The molecule has 5 nitrogen and oxygen atoms in total. The molecule has 5 heterocycles. The van der Waals surface area contributed by atoms with Crippen molar-refractivity contribution >= 4 is 92.7 Å². The third kappa shape index (κ3) is 3.81. The van der Waals surface area contributed by atoms with Crippen molar-refractivity contribution in [3.05, 3.63) is 170 Å². The highest BCUT2D eigenvalue weighted by Crippen LogP contribution is 2.48. The van der Waals surface area contributed by atoms with Crippen LogP contribution in [0.2, 0.25) is 0 Å². The zero-order valence-corrected chi connectivity index (χ0v) is 29.4. The van der Waals surface area contributed by atoms with E-state index in [9.17, 15) is 0 Å². The number of para-hydroxylation sites is 3. The summed E-state index contributed by atoms with van der Waals surface area (Å²) in [6.07, 6.45) is 0. The van der Waals surface area contributed by atoms with Crippen molar-refractivity contribution in [3.8, 4) is 28.3 Å². The smallest absolute Gasteiger partial charge is 0.197 e. The molecule has 5 aromatic heterocycles. The molecule has 0 aliphatic carbocycles. The fourth-order valence-corrected chi connectivity index (χ4v) is 9.29. The van der Waals surface area contributed by atoms with Gasteiger partial charge in [0.05, 0.1) is 27.6 Å². The molecule has 0 amide bonds. The van der Waals surface area contributed by atoms with Crippen molar-refractivity contribution in [2.24, 2.45) is 0 Å². The lowest BCUT2D eigenvalue weighted by Crippen LogP contribution is -2.01. The van der Waals surface area contributed by atoms with Crippen LogP contribution in [-0.2, 0) is 0 Å².